The molecule has 34 heavy (non-hydrogen) atoms. The third-order valence-electron chi connectivity index (χ3n) is 8.43. The number of benzene rings is 2. The number of hydrogen-bond acceptors (Lipinski definition) is 4. The molecule has 3 heterocycles. The summed E-state index contributed by atoms with van der Waals surface area (Å²) in [4.78, 5) is 17.4. The van der Waals surface area contributed by atoms with Crippen molar-refractivity contribution in [1.29, 1.82) is 0 Å². The Bertz CT molecular complexity index is 1250. The van der Waals surface area contributed by atoms with Gasteiger partial charge < -0.3 is 19.1 Å². The van der Waals surface area contributed by atoms with E-state index in [1.807, 2.05) is 6.07 Å². The second kappa shape index (κ2) is 8.46. The van der Waals surface area contributed by atoms with Crippen molar-refractivity contribution in [2.75, 3.05) is 39.2 Å². The number of fused-ring (bicyclic) bond motifs is 4. The minimum Gasteiger partial charge on any atom is -0.465 e. The maximum Gasteiger partial charge on any atom is 0.337 e. The molecule has 0 bridgehead atoms. The van der Waals surface area contributed by atoms with E-state index in [1.54, 1.807) is 0 Å². The van der Waals surface area contributed by atoms with Crippen LogP contribution in [-0.2, 0) is 11.3 Å². The highest BCUT2D eigenvalue weighted by Crippen LogP contribution is 2.50. The average molecular weight is 458 g/mol. The summed E-state index contributed by atoms with van der Waals surface area (Å²) in [5.41, 5.74) is 8.98. The lowest BCUT2D eigenvalue weighted by molar-refractivity contribution is 0.0601. The molecule has 1 aromatic heterocycles. The van der Waals surface area contributed by atoms with Crippen LogP contribution in [0.15, 0.2) is 36.4 Å². The molecule has 2 aliphatic heterocycles. The molecule has 0 amide bonds. The van der Waals surface area contributed by atoms with E-state index >= 15 is 0 Å². The monoisotopic (exact) mass is 457 g/mol. The molecule has 0 N–H and O–H groups in total. The van der Waals surface area contributed by atoms with Gasteiger partial charge in [-0.15, -0.1) is 0 Å². The molecular formula is C29H35N3O2. The summed E-state index contributed by atoms with van der Waals surface area (Å²) in [6, 6.07) is 13.6. The highest BCUT2D eigenvalue weighted by Gasteiger charge is 2.35. The van der Waals surface area contributed by atoms with Gasteiger partial charge in [-0.1, -0.05) is 43.5 Å². The van der Waals surface area contributed by atoms with E-state index < -0.39 is 0 Å². The number of anilines is 1. The minimum atomic E-state index is -0.263. The van der Waals surface area contributed by atoms with E-state index in [0.717, 1.165) is 26.1 Å². The fraction of sp³-hybridized carbons (Fsp3) is 0.483. The quantitative estimate of drug-likeness (QED) is 0.454. The summed E-state index contributed by atoms with van der Waals surface area (Å²) in [5, 5.41) is 1.32. The summed E-state index contributed by atoms with van der Waals surface area (Å²) in [7, 11) is 5.87. The molecule has 1 atom stereocenters. The standard InChI is InChI=1S/C29H35N3O2/c1-30(2)24-14-15-31-16-17-32-25-18-20(29(33)34-3)12-13-21(25)26(19-8-5-4-6-9-19)28(32)23-11-7-10-22(24)27(23)31/h7,10-13,18-19,24H,4-6,8-9,14-17H2,1-3H3. The Labute approximate surface area is 202 Å². The van der Waals surface area contributed by atoms with E-state index in [-0.39, 0.29) is 5.97 Å². The zero-order valence-corrected chi connectivity index (χ0v) is 20.6. The second-order valence-corrected chi connectivity index (χ2v) is 10.5. The zero-order valence-electron chi connectivity index (χ0n) is 20.6. The van der Waals surface area contributed by atoms with Gasteiger partial charge in [-0.3, -0.25) is 0 Å². The average Bonchev–Trinajstić information content (AvgIpc) is 3.10. The van der Waals surface area contributed by atoms with Crippen molar-refractivity contribution in [3.63, 3.8) is 0 Å². The van der Waals surface area contributed by atoms with Gasteiger partial charge in [0.05, 0.1) is 24.1 Å². The van der Waals surface area contributed by atoms with Crippen molar-refractivity contribution in [2.24, 2.45) is 0 Å². The number of carbonyl (C=O) groups excluding carboxylic acids is 1. The van der Waals surface area contributed by atoms with E-state index in [2.05, 4.69) is 58.8 Å². The lowest BCUT2D eigenvalue weighted by Crippen LogP contribution is -2.36. The van der Waals surface area contributed by atoms with Crippen LogP contribution in [0.3, 0.4) is 0 Å². The predicted octanol–water partition coefficient (Wildman–Crippen LogP) is 5.97. The number of ether oxygens (including phenoxy) is 1. The number of esters is 1. The molecule has 0 saturated heterocycles. The molecule has 1 saturated carbocycles. The van der Waals surface area contributed by atoms with Gasteiger partial charge in [-0.25, -0.2) is 4.79 Å². The third kappa shape index (κ3) is 3.28. The van der Waals surface area contributed by atoms with E-state index in [1.165, 1.54) is 78.2 Å². The van der Waals surface area contributed by atoms with Gasteiger partial charge in [0, 0.05) is 42.1 Å². The fourth-order valence-corrected chi connectivity index (χ4v) is 6.85. The smallest absolute Gasteiger partial charge is 0.337 e. The third-order valence-corrected chi connectivity index (χ3v) is 8.43. The molecule has 5 heteroatoms. The number of nitrogens with zero attached hydrogens (tertiary/aromatic N) is 3. The van der Waals surface area contributed by atoms with Crippen LogP contribution in [0.5, 0.6) is 0 Å². The van der Waals surface area contributed by atoms with Gasteiger partial charge in [0.2, 0.25) is 0 Å². The number of aromatic nitrogens is 1. The van der Waals surface area contributed by atoms with Crippen molar-refractivity contribution in [3.05, 3.63) is 53.1 Å². The maximum atomic E-state index is 12.4. The first-order chi connectivity index (χ1) is 16.6. The van der Waals surface area contributed by atoms with Crippen molar-refractivity contribution in [3.8, 4) is 11.3 Å². The number of hydrogen-bond donors (Lipinski definition) is 0. The van der Waals surface area contributed by atoms with Crippen LogP contribution >= 0.6 is 0 Å². The summed E-state index contributed by atoms with van der Waals surface area (Å²) in [6.07, 6.45) is 7.61. The van der Waals surface area contributed by atoms with Crippen LogP contribution in [0.1, 0.15) is 72.0 Å². The molecule has 1 fully saturated rings. The number of carbonyl (C=O) groups is 1. The normalized spacial score (nSPS) is 20.2. The first kappa shape index (κ1) is 21.7. The molecule has 178 valence electrons. The van der Waals surface area contributed by atoms with Gasteiger partial charge in [0.25, 0.3) is 0 Å². The Balaban J connectivity index is 1.65. The number of methoxy groups -OCH3 is 1. The first-order valence-corrected chi connectivity index (χ1v) is 12.9. The van der Waals surface area contributed by atoms with Crippen molar-refractivity contribution < 1.29 is 9.53 Å². The van der Waals surface area contributed by atoms with Crippen LogP contribution in [-0.4, -0.2) is 49.7 Å². The molecule has 0 spiro atoms. The lowest BCUT2D eigenvalue weighted by Gasteiger charge is -2.38. The molecular weight excluding hydrogens is 422 g/mol. The van der Waals surface area contributed by atoms with Gasteiger partial charge in [-0.2, -0.15) is 0 Å². The topological polar surface area (TPSA) is 37.7 Å². The molecule has 3 aromatic rings. The van der Waals surface area contributed by atoms with Crippen LogP contribution in [0.25, 0.3) is 22.2 Å². The van der Waals surface area contributed by atoms with Crippen molar-refractivity contribution >= 4 is 22.6 Å². The van der Waals surface area contributed by atoms with Crippen molar-refractivity contribution in [2.45, 2.75) is 57.0 Å². The molecule has 2 aromatic carbocycles. The van der Waals surface area contributed by atoms with Gasteiger partial charge in [-0.05, 0) is 62.5 Å². The molecule has 6 rings (SSSR count). The Morgan fingerprint density at radius 3 is 2.59 bits per heavy atom. The van der Waals surface area contributed by atoms with Crippen LogP contribution in [0, 0.1) is 0 Å². The summed E-state index contributed by atoms with van der Waals surface area (Å²) in [5.74, 6) is 0.313. The summed E-state index contributed by atoms with van der Waals surface area (Å²) in [6.45, 7) is 3.01. The number of para-hydroxylation sites is 1. The Morgan fingerprint density at radius 2 is 1.82 bits per heavy atom. The lowest BCUT2D eigenvalue weighted by atomic mass is 9.81. The Morgan fingerprint density at radius 1 is 1.00 bits per heavy atom. The number of rotatable bonds is 3. The Hall–Kier alpha value is -2.79. The maximum absolute atomic E-state index is 12.4. The zero-order chi connectivity index (χ0) is 23.4. The fourth-order valence-electron chi connectivity index (χ4n) is 6.85. The van der Waals surface area contributed by atoms with Crippen LogP contribution in [0.2, 0.25) is 0 Å². The molecule has 1 aliphatic carbocycles. The van der Waals surface area contributed by atoms with Gasteiger partial charge in [0.1, 0.15) is 0 Å². The second-order valence-electron chi connectivity index (χ2n) is 10.5. The highest BCUT2D eigenvalue weighted by molar-refractivity contribution is 6.00. The molecule has 1 unspecified atom stereocenters. The molecule has 0 radical (unpaired) electrons. The molecule has 3 aliphatic rings. The van der Waals surface area contributed by atoms with Crippen molar-refractivity contribution in [1.82, 2.24) is 9.47 Å². The van der Waals surface area contributed by atoms with Crippen LogP contribution in [0.4, 0.5) is 5.69 Å². The highest BCUT2D eigenvalue weighted by atomic mass is 16.5. The Kier molecular flexibility index (Phi) is 5.40. The largest absolute Gasteiger partial charge is 0.465 e. The SMILES string of the molecule is COC(=O)c1ccc2c(C3CCCCC3)c3n(c2c1)CCN1CCC(N(C)C)c2cccc-3c21. The van der Waals surface area contributed by atoms with Gasteiger partial charge >= 0.3 is 5.97 Å². The van der Waals surface area contributed by atoms with Gasteiger partial charge in [0.15, 0.2) is 0 Å². The van der Waals surface area contributed by atoms with Crippen LogP contribution < -0.4 is 4.90 Å². The summed E-state index contributed by atoms with van der Waals surface area (Å²) < 4.78 is 7.58. The van der Waals surface area contributed by atoms with E-state index in [4.69, 9.17) is 4.74 Å². The summed E-state index contributed by atoms with van der Waals surface area (Å²) >= 11 is 0. The minimum absolute atomic E-state index is 0.263. The van der Waals surface area contributed by atoms with E-state index in [0.29, 0.717) is 17.5 Å². The van der Waals surface area contributed by atoms with E-state index in [9.17, 15) is 4.79 Å². The molecule has 5 nitrogen and oxygen atoms in total. The first-order valence-electron chi connectivity index (χ1n) is 12.9. The predicted molar refractivity (Wildman–Crippen MR) is 138 cm³/mol.